The van der Waals surface area contributed by atoms with Gasteiger partial charge in [-0.2, -0.15) is 5.10 Å². The van der Waals surface area contributed by atoms with Gasteiger partial charge in [-0.25, -0.2) is 15.0 Å². The topological polar surface area (TPSA) is 112 Å². The molecule has 1 saturated carbocycles. The number of ether oxygens (including phenoxy) is 1. The minimum Gasteiger partial charge on any atom is -0.383 e. The van der Waals surface area contributed by atoms with Crippen LogP contribution in [0.25, 0.3) is 10.9 Å². The van der Waals surface area contributed by atoms with Crippen molar-refractivity contribution in [1.29, 1.82) is 0 Å². The molecule has 2 N–H and O–H groups in total. The van der Waals surface area contributed by atoms with Crippen molar-refractivity contribution in [2.24, 2.45) is 7.05 Å². The van der Waals surface area contributed by atoms with Crippen LogP contribution in [-0.4, -0.2) is 30.6 Å². The van der Waals surface area contributed by atoms with Gasteiger partial charge >= 0.3 is 0 Å². The van der Waals surface area contributed by atoms with Crippen molar-refractivity contribution >= 4 is 28.3 Å². The SMILES string of the molecule is Cc1nn(C)cc1N(Cc1ccc2c3c(c(N)nc2c1)C(C)OC3)C(=O)c1cnc(C2CC2)nc1. The van der Waals surface area contributed by atoms with Gasteiger partial charge in [0.25, 0.3) is 5.91 Å². The van der Waals surface area contributed by atoms with Crippen LogP contribution in [0.15, 0.2) is 36.8 Å². The van der Waals surface area contributed by atoms with Crippen LogP contribution < -0.4 is 10.6 Å². The highest BCUT2D eigenvalue weighted by molar-refractivity contribution is 6.06. The Hall–Kier alpha value is -3.85. The number of carbonyl (C=O) groups excluding carboxylic acids is 1. The third-order valence-corrected chi connectivity index (χ3v) is 6.84. The number of anilines is 2. The summed E-state index contributed by atoms with van der Waals surface area (Å²) in [5.74, 6) is 1.57. The smallest absolute Gasteiger partial charge is 0.261 e. The van der Waals surface area contributed by atoms with E-state index in [1.807, 2.05) is 45.3 Å². The molecule has 4 heterocycles. The standard InChI is InChI=1S/C26H27N7O2/c1-14-22(12-32(3)31-14)33(26(34)18-9-28-25(29-10-18)17-5-6-17)11-16-4-7-19-20-13-35-15(2)23(20)24(27)30-21(19)8-16/h4,7-10,12,15,17H,5-6,11,13H2,1-3H3,(H2,27,30). The highest BCUT2D eigenvalue weighted by atomic mass is 16.5. The number of nitrogen functional groups attached to an aromatic ring is 1. The molecule has 9 heteroatoms. The zero-order valence-electron chi connectivity index (χ0n) is 20.0. The first-order valence-corrected chi connectivity index (χ1v) is 11.9. The van der Waals surface area contributed by atoms with Crippen molar-refractivity contribution in [3.63, 3.8) is 0 Å². The minimum atomic E-state index is -0.174. The summed E-state index contributed by atoms with van der Waals surface area (Å²) >= 11 is 0. The van der Waals surface area contributed by atoms with Crippen LogP contribution in [0.3, 0.4) is 0 Å². The van der Waals surface area contributed by atoms with Crippen LogP contribution in [0.2, 0.25) is 0 Å². The quantitative estimate of drug-likeness (QED) is 0.471. The second-order valence-corrected chi connectivity index (χ2v) is 9.46. The van der Waals surface area contributed by atoms with E-state index in [-0.39, 0.29) is 12.0 Å². The molecule has 1 amide bonds. The summed E-state index contributed by atoms with van der Waals surface area (Å²) in [5, 5.41) is 5.48. The summed E-state index contributed by atoms with van der Waals surface area (Å²) in [6.07, 6.45) is 7.29. The van der Waals surface area contributed by atoms with Crippen molar-refractivity contribution < 1.29 is 9.53 Å². The maximum atomic E-state index is 13.7. The van der Waals surface area contributed by atoms with Crippen molar-refractivity contribution in [2.75, 3.05) is 10.6 Å². The van der Waals surface area contributed by atoms with Crippen molar-refractivity contribution in [3.05, 3.63) is 70.6 Å². The van der Waals surface area contributed by atoms with Crippen LogP contribution >= 0.6 is 0 Å². The first-order chi connectivity index (χ1) is 16.9. The Morgan fingerprint density at radius 3 is 2.71 bits per heavy atom. The molecule has 9 nitrogen and oxygen atoms in total. The molecule has 3 aromatic heterocycles. The van der Waals surface area contributed by atoms with Crippen molar-refractivity contribution in [1.82, 2.24) is 24.7 Å². The molecule has 1 aliphatic carbocycles. The first-order valence-electron chi connectivity index (χ1n) is 11.9. The van der Waals surface area contributed by atoms with Crippen LogP contribution in [0.5, 0.6) is 0 Å². The number of hydrogen-bond acceptors (Lipinski definition) is 7. The summed E-state index contributed by atoms with van der Waals surface area (Å²) in [6, 6.07) is 6.07. The predicted octanol–water partition coefficient (Wildman–Crippen LogP) is 3.96. The van der Waals surface area contributed by atoms with Crippen LogP contribution in [0.1, 0.15) is 70.4 Å². The number of hydrogen-bond donors (Lipinski definition) is 1. The van der Waals surface area contributed by atoms with Gasteiger partial charge in [0, 0.05) is 42.5 Å². The number of rotatable bonds is 5. The number of aromatic nitrogens is 5. The number of amides is 1. The third kappa shape index (κ3) is 3.81. The maximum Gasteiger partial charge on any atom is 0.261 e. The van der Waals surface area contributed by atoms with E-state index >= 15 is 0 Å². The van der Waals surface area contributed by atoms with E-state index in [2.05, 4.69) is 20.1 Å². The average molecular weight is 470 g/mol. The summed E-state index contributed by atoms with van der Waals surface area (Å²) in [5.41, 5.74) is 12.0. The van der Waals surface area contributed by atoms with Gasteiger partial charge in [-0.3, -0.25) is 9.48 Å². The second-order valence-electron chi connectivity index (χ2n) is 9.46. The molecule has 1 fully saturated rings. The molecular weight excluding hydrogens is 442 g/mol. The normalized spacial score (nSPS) is 17.1. The third-order valence-electron chi connectivity index (χ3n) is 6.84. The van der Waals surface area contributed by atoms with E-state index in [0.717, 1.165) is 57.6 Å². The van der Waals surface area contributed by atoms with E-state index < -0.39 is 0 Å². The van der Waals surface area contributed by atoms with E-state index in [1.54, 1.807) is 22.0 Å². The number of nitrogens with zero attached hydrogens (tertiary/aromatic N) is 6. The molecule has 0 bridgehead atoms. The van der Waals surface area contributed by atoms with Gasteiger partial charge in [0.2, 0.25) is 0 Å². The molecule has 4 aromatic rings. The van der Waals surface area contributed by atoms with Gasteiger partial charge < -0.3 is 15.4 Å². The lowest BCUT2D eigenvalue weighted by molar-refractivity contribution is 0.0801. The van der Waals surface area contributed by atoms with Gasteiger partial charge in [0.1, 0.15) is 11.6 Å². The zero-order chi connectivity index (χ0) is 24.3. The lowest BCUT2D eigenvalue weighted by atomic mass is 10.0. The van der Waals surface area contributed by atoms with Gasteiger partial charge in [0.05, 0.1) is 41.7 Å². The Labute approximate surface area is 203 Å². The van der Waals surface area contributed by atoms with Crippen molar-refractivity contribution in [3.8, 4) is 0 Å². The monoisotopic (exact) mass is 469 g/mol. The van der Waals surface area contributed by atoms with E-state index in [0.29, 0.717) is 30.5 Å². The molecule has 1 aromatic carbocycles. The lowest BCUT2D eigenvalue weighted by Crippen LogP contribution is -2.31. The summed E-state index contributed by atoms with van der Waals surface area (Å²) in [7, 11) is 1.85. The second kappa shape index (κ2) is 8.13. The molecule has 0 radical (unpaired) electrons. The van der Waals surface area contributed by atoms with Crippen molar-refractivity contribution in [2.45, 2.75) is 51.9 Å². The van der Waals surface area contributed by atoms with E-state index in [1.165, 1.54) is 0 Å². The summed E-state index contributed by atoms with van der Waals surface area (Å²) in [4.78, 5) is 28.9. The Balaban J connectivity index is 1.37. The molecule has 35 heavy (non-hydrogen) atoms. The molecule has 0 saturated heterocycles. The van der Waals surface area contributed by atoms with Crippen LogP contribution in [0.4, 0.5) is 11.5 Å². The van der Waals surface area contributed by atoms with E-state index in [9.17, 15) is 4.79 Å². The molecule has 0 spiro atoms. The fourth-order valence-electron chi connectivity index (χ4n) is 4.87. The molecular formula is C26H27N7O2. The van der Waals surface area contributed by atoms with Gasteiger partial charge in [-0.05, 0) is 43.9 Å². The van der Waals surface area contributed by atoms with Gasteiger partial charge in [-0.15, -0.1) is 0 Å². The summed E-state index contributed by atoms with van der Waals surface area (Å²) in [6.45, 7) is 4.76. The number of aryl methyl sites for hydroxylation is 2. The maximum absolute atomic E-state index is 13.7. The molecule has 6 rings (SSSR count). The fourth-order valence-corrected chi connectivity index (χ4v) is 4.87. The fraction of sp³-hybridized carbons (Fsp3) is 0.346. The summed E-state index contributed by atoms with van der Waals surface area (Å²) < 4.78 is 7.51. The Bertz CT molecular complexity index is 1460. The lowest BCUT2D eigenvalue weighted by Gasteiger charge is -2.22. The Kier molecular flexibility index (Phi) is 5.03. The highest BCUT2D eigenvalue weighted by Gasteiger charge is 2.28. The van der Waals surface area contributed by atoms with E-state index in [4.69, 9.17) is 10.5 Å². The number of benzene rings is 1. The molecule has 1 atom stereocenters. The molecule has 1 aliphatic heterocycles. The number of nitrogens with two attached hydrogens (primary N) is 1. The highest BCUT2D eigenvalue weighted by Crippen LogP contribution is 2.39. The number of fused-ring (bicyclic) bond motifs is 3. The minimum absolute atomic E-state index is 0.0585. The Morgan fingerprint density at radius 2 is 2.03 bits per heavy atom. The average Bonchev–Trinajstić information content (AvgIpc) is 3.54. The molecule has 178 valence electrons. The zero-order valence-corrected chi connectivity index (χ0v) is 20.0. The number of carbonyl (C=O) groups is 1. The Morgan fingerprint density at radius 1 is 1.26 bits per heavy atom. The first kappa shape index (κ1) is 21.7. The van der Waals surface area contributed by atoms with Crippen LogP contribution in [-0.2, 0) is 24.9 Å². The largest absolute Gasteiger partial charge is 0.383 e. The van der Waals surface area contributed by atoms with Crippen LogP contribution in [0, 0.1) is 6.92 Å². The number of pyridine rings is 1. The predicted molar refractivity (Wildman–Crippen MR) is 132 cm³/mol. The molecule has 2 aliphatic rings. The molecule has 1 unspecified atom stereocenters. The van der Waals surface area contributed by atoms with Gasteiger partial charge in [-0.1, -0.05) is 12.1 Å². The van der Waals surface area contributed by atoms with Gasteiger partial charge in [0.15, 0.2) is 0 Å².